The van der Waals surface area contributed by atoms with E-state index in [2.05, 4.69) is 35.1 Å². The molecule has 1 aliphatic rings. The van der Waals surface area contributed by atoms with Crippen molar-refractivity contribution < 1.29 is 54.3 Å². The van der Waals surface area contributed by atoms with E-state index in [1.54, 1.807) is 0 Å². The summed E-state index contributed by atoms with van der Waals surface area (Å²) in [5, 5.41) is 50.0. The number of nitrogens with zero attached hydrogens (tertiary/aromatic N) is 3. The lowest BCUT2D eigenvalue weighted by Gasteiger charge is -2.30. The van der Waals surface area contributed by atoms with Gasteiger partial charge in [0.05, 0.1) is 6.61 Å². The van der Waals surface area contributed by atoms with Crippen LogP contribution in [-0.2, 0) is 33.6 Å². The molecule has 8 N–H and O–H groups in total. The van der Waals surface area contributed by atoms with Gasteiger partial charge in [0.2, 0.25) is 36.4 Å². The quantitative estimate of drug-likeness (QED) is 0.0231. The Labute approximate surface area is 293 Å². The van der Waals surface area contributed by atoms with Gasteiger partial charge in [0, 0.05) is 26.1 Å². The molecule has 0 aromatic heterocycles. The molecule has 0 saturated carbocycles. The van der Waals surface area contributed by atoms with Crippen molar-refractivity contribution in [1.29, 1.82) is 0 Å². The molecule has 50 heavy (non-hydrogen) atoms. The smallest absolute Gasteiger partial charge is 0.270 e. The van der Waals surface area contributed by atoms with E-state index in [9.17, 15) is 49.1 Å². The number of amides is 7. The van der Waals surface area contributed by atoms with Crippen LogP contribution in [0.25, 0.3) is 0 Å². The summed E-state index contributed by atoms with van der Waals surface area (Å²) in [7, 11) is 0. The van der Waals surface area contributed by atoms with Crippen molar-refractivity contribution in [3.8, 4) is 0 Å². The molecule has 18 heteroatoms. The van der Waals surface area contributed by atoms with Gasteiger partial charge in [-0.2, -0.15) is 0 Å². The summed E-state index contributed by atoms with van der Waals surface area (Å²) in [5.74, 6) is -2.52. The van der Waals surface area contributed by atoms with Gasteiger partial charge < -0.3 is 26.4 Å². The molecule has 0 aliphatic carbocycles. The van der Waals surface area contributed by atoms with Crippen LogP contribution in [0.3, 0.4) is 0 Å². The maximum atomic E-state index is 13.1. The van der Waals surface area contributed by atoms with Crippen LogP contribution >= 0.6 is 0 Å². The Balaban J connectivity index is 2.61. The van der Waals surface area contributed by atoms with Gasteiger partial charge in [0.1, 0.15) is 24.2 Å². The lowest BCUT2D eigenvalue weighted by molar-refractivity contribution is -0.170. The standard InChI is InChI=1S/C32H57N7O11/c1-23(2)12-7-5-3-4-6-8-16-28(43)33-24(13-9-17-37(48)21-41)29(44)36-27(20-40)32(47)39(50)19-11-15-26-31(46)34-25(30(45)35-26)14-10-18-38(49)22-42/h21-27,40,48-50H,3-20H2,1-2H3,(H,33,43)(H,34,46)(H,35,45)(H,36,44)/t24-,25-,26-,27-/m0/s1. The molecule has 0 radical (unpaired) electrons. The fraction of sp³-hybridized carbons (Fsp3) is 0.781. The van der Waals surface area contributed by atoms with Gasteiger partial charge in [-0.05, 0) is 50.9 Å². The van der Waals surface area contributed by atoms with Crippen molar-refractivity contribution >= 4 is 42.4 Å². The van der Waals surface area contributed by atoms with Crippen LogP contribution in [0.1, 0.15) is 104 Å². The van der Waals surface area contributed by atoms with Crippen molar-refractivity contribution in [3.05, 3.63) is 0 Å². The summed E-state index contributed by atoms with van der Waals surface area (Å²) in [5.41, 5.74) is 0. The minimum atomic E-state index is -1.57. The Bertz CT molecular complexity index is 1080. The van der Waals surface area contributed by atoms with E-state index in [1.165, 1.54) is 12.8 Å². The van der Waals surface area contributed by atoms with Crippen molar-refractivity contribution in [3.63, 3.8) is 0 Å². The lowest BCUT2D eigenvalue weighted by Crippen LogP contribution is -2.61. The summed E-state index contributed by atoms with van der Waals surface area (Å²) in [6.07, 6.45) is 8.32. The fourth-order valence-corrected chi connectivity index (χ4v) is 5.38. The first-order valence-corrected chi connectivity index (χ1v) is 17.5. The van der Waals surface area contributed by atoms with Crippen LogP contribution in [0, 0.1) is 5.92 Å². The molecule has 0 spiro atoms. The Morgan fingerprint density at radius 1 is 0.720 bits per heavy atom. The van der Waals surface area contributed by atoms with Crippen LogP contribution < -0.4 is 21.3 Å². The Morgan fingerprint density at radius 2 is 1.24 bits per heavy atom. The van der Waals surface area contributed by atoms with Crippen LogP contribution in [-0.4, -0.2) is 129 Å². The van der Waals surface area contributed by atoms with E-state index >= 15 is 0 Å². The highest BCUT2D eigenvalue weighted by Gasteiger charge is 2.34. The average Bonchev–Trinajstić information content (AvgIpc) is 3.08. The molecule has 1 rings (SSSR count). The molecule has 7 amide bonds. The Kier molecular flexibility index (Phi) is 22.2. The number of carbonyl (C=O) groups excluding carboxylic acids is 7. The number of hydrogen-bond acceptors (Lipinski definition) is 11. The average molecular weight is 716 g/mol. The topological polar surface area (TPSA) is 258 Å². The first kappa shape index (κ1) is 44.2. The minimum absolute atomic E-state index is 0.00214. The normalized spacial score (nSPS) is 16.9. The predicted molar refractivity (Wildman–Crippen MR) is 177 cm³/mol. The van der Waals surface area contributed by atoms with Gasteiger partial charge in [0.25, 0.3) is 5.91 Å². The summed E-state index contributed by atoms with van der Waals surface area (Å²) >= 11 is 0. The Morgan fingerprint density at radius 3 is 1.78 bits per heavy atom. The predicted octanol–water partition coefficient (Wildman–Crippen LogP) is -0.0381. The second kappa shape index (κ2) is 25.1. The molecular formula is C32H57N7O11. The van der Waals surface area contributed by atoms with E-state index in [4.69, 9.17) is 5.21 Å². The zero-order valence-electron chi connectivity index (χ0n) is 29.3. The number of nitrogens with one attached hydrogen (secondary N) is 4. The molecule has 0 unspecified atom stereocenters. The highest BCUT2D eigenvalue weighted by molar-refractivity contribution is 5.97. The molecule has 1 aliphatic heterocycles. The molecule has 1 heterocycles. The number of piperazine rings is 1. The monoisotopic (exact) mass is 715 g/mol. The van der Waals surface area contributed by atoms with E-state index in [0.717, 1.165) is 25.7 Å². The third-order valence-electron chi connectivity index (χ3n) is 8.27. The van der Waals surface area contributed by atoms with Crippen LogP contribution in [0.15, 0.2) is 0 Å². The number of aliphatic hydroxyl groups excluding tert-OH is 1. The third kappa shape index (κ3) is 18.2. The molecule has 4 atom stereocenters. The lowest BCUT2D eigenvalue weighted by atomic mass is 10.0. The molecular weight excluding hydrogens is 658 g/mol. The highest BCUT2D eigenvalue weighted by atomic mass is 16.5. The van der Waals surface area contributed by atoms with Gasteiger partial charge >= 0.3 is 0 Å². The Hall–Kier alpha value is -3.87. The van der Waals surface area contributed by atoms with Crippen molar-refractivity contribution in [1.82, 2.24) is 36.5 Å². The fourth-order valence-electron chi connectivity index (χ4n) is 5.38. The number of hydrogen-bond donors (Lipinski definition) is 8. The first-order chi connectivity index (χ1) is 23.8. The zero-order valence-corrected chi connectivity index (χ0v) is 29.3. The van der Waals surface area contributed by atoms with Crippen molar-refractivity contribution in [2.45, 2.75) is 128 Å². The number of unbranched alkanes of at least 4 members (excludes halogenated alkanes) is 5. The van der Waals surface area contributed by atoms with Crippen molar-refractivity contribution in [2.75, 3.05) is 26.2 Å². The minimum Gasteiger partial charge on any atom is -0.394 e. The van der Waals surface area contributed by atoms with Gasteiger partial charge in [-0.25, -0.2) is 15.2 Å². The van der Waals surface area contributed by atoms with E-state index in [-0.39, 0.29) is 82.5 Å². The SMILES string of the molecule is CC(C)CCCCCCCCC(=O)N[C@@H](CCCN(O)C=O)C(=O)N[C@@H](CO)C(=O)N(O)CCC[C@@H]1NC(=O)[C@H](CCCN(O)C=O)NC1=O. The number of carbonyl (C=O) groups is 7. The molecule has 18 nitrogen and oxygen atoms in total. The van der Waals surface area contributed by atoms with Crippen LogP contribution in [0.2, 0.25) is 0 Å². The van der Waals surface area contributed by atoms with Crippen LogP contribution in [0.5, 0.6) is 0 Å². The van der Waals surface area contributed by atoms with Gasteiger partial charge in [-0.3, -0.25) is 49.2 Å². The second-order valence-corrected chi connectivity index (χ2v) is 13.0. The maximum Gasteiger partial charge on any atom is 0.270 e. The molecule has 1 fully saturated rings. The van der Waals surface area contributed by atoms with Crippen LogP contribution in [0.4, 0.5) is 0 Å². The van der Waals surface area contributed by atoms with E-state index in [1.807, 2.05) is 0 Å². The largest absolute Gasteiger partial charge is 0.394 e. The van der Waals surface area contributed by atoms with Gasteiger partial charge in [0.15, 0.2) is 0 Å². The maximum absolute atomic E-state index is 13.1. The highest BCUT2D eigenvalue weighted by Crippen LogP contribution is 2.13. The molecule has 1 saturated heterocycles. The van der Waals surface area contributed by atoms with Crippen molar-refractivity contribution in [2.24, 2.45) is 5.92 Å². The molecule has 0 aromatic rings. The second-order valence-electron chi connectivity index (χ2n) is 13.0. The zero-order chi connectivity index (χ0) is 37.5. The molecule has 0 bridgehead atoms. The third-order valence-corrected chi connectivity index (χ3v) is 8.27. The summed E-state index contributed by atoms with van der Waals surface area (Å²) in [6, 6.07) is -4.51. The number of hydroxylamine groups is 6. The number of aliphatic hydroxyl groups is 1. The number of rotatable bonds is 28. The molecule has 0 aromatic carbocycles. The summed E-state index contributed by atoms with van der Waals surface area (Å²) in [4.78, 5) is 84.7. The summed E-state index contributed by atoms with van der Waals surface area (Å²) in [6.45, 7) is 3.07. The first-order valence-electron chi connectivity index (χ1n) is 17.5. The van der Waals surface area contributed by atoms with E-state index in [0.29, 0.717) is 22.5 Å². The van der Waals surface area contributed by atoms with E-state index < -0.39 is 60.3 Å². The molecule has 286 valence electrons. The summed E-state index contributed by atoms with van der Waals surface area (Å²) < 4.78 is 0. The van der Waals surface area contributed by atoms with Gasteiger partial charge in [-0.1, -0.05) is 52.4 Å². The van der Waals surface area contributed by atoms with Gasteiger partial charge in [-0.15, -0.1) is 0 Å².